The molecule has 1 fully saturated rings. The fourth-order valence-electron chi connectivity index (χ4n) is 2.94. The standard InChI is InChI=1S/C13H27NS/c1-11-6-7-13(10-14-2)12(9-11)5-4-8-15-3/h11-14H,4-10H2,1-3H3. The molecule has 0 aromatic carbocycles. The van der Waals surface area contributed by atoms with Crippen LogP contribution >= 0.6 is 11.8 Å². The predicted molar refractivity (Wildman–Crippen MR) is 71.5 cm³/mol. The van der Waals surface area contributed by atoms with Gasteiger partial charge in [0.25, 0.3) is 0 Å². The molecule has 0 saturated heterocycles. The molecule has 0 amide bonds. The van der Waals surface area contributed by atoms with Crippen LogP contribution in [0.15, 0.2) is 0 Å². The van der Waals surface area contributed by atoms with Gasteiger partial charge in [-0.05, 0) is 69.0 Å². The van der Waals surface area contributed by atoms with Crippen molar-refractivity contribution in [3.8, 4) is 0 Å². The van der Waals surface area contributed by atoms with Gasteiger partial charge in [0.1, 0.15) is 0 Å². The summed E-state index contributed by atoms with van der Waals surface area (Å²) in [6.45, 7) is 3.66. The second kappa shape index (κ2) is 7.56. The quantitative estimate of drug-likeness (QED) is 0.701. The Morgan fingerprint density at radius 3 is 2.73 bits per heavy atom. The van der Waals surface area contributed by atoms with Crippen molar-refractivity contribution in [1.82, 2.24) is 5.32 Å². The molecule has 1 N–H and O–H groups in total. The molecule has 2 heteroatoms. The average molecular weight is 229 g/mol. The maximum Gasteiger partial charge on any atom is -0.00209 e. The van der Waals surface area contributed by atoms with Crippen LogP contribution in [0.2, 0.25) is 0 Å². The smallest absolute Gasteiger partial charge is 0.00209 e. The molecule has 3 unspecified atom stereocenters. The van der Waals surface area contributed by atoms with Crippen LogP contribution in [0.1, 0.15) is 39.0 Å². The van der Waals surface area contributed by atoms with Crippen molar-refractivity contribution in [1.29, 1.82) is 0 Å². The number of rotatable bonds is 6. The molecule has 1 aliphatic carbocycles. The van der Waals surface area contributed by atoms with E-state index in [1.54, 1.807) is 0 Å². The van der Waals surface area contributed by atoms with Crippen molar-refractivity contribution in [3.05, 3.63) is 0 Å². The van der Waals surface area contributed by atoms with Gasteiger partial charge in [0.15, 0.2) is 0 Å². The Labute approximate surface area is 99.8 Å². The SMILES string of the molecule is CNCC1CCC(C)CC1CCCSC. The van der Waals surface area contributed by atoms with E-state index >= 15 is 0 Å². The Morgan fingerprint density at radius 1 is 1.27 bits per heavy atom. The van der Waals surface area contributed by atoms with Gasteiger partial charge < -0.3 is 5.32 Å². The molecule has 0 aromatic heterocycles. The summed E-state index contributed by atoms with van der Waals surface area (Å²) < 4.78 is 0. The van der Waals surface area contributed by atoms with Gasteiger partial charge in [-0.15, -0.1) is 0 Å². The fourth-order valence-corrected chi connectivity index (χ4v) is 3.39. The van der Waals surface area contributed by atoms with Crippen LogP contribution in [0.25, 0.3) is 0 Å². The van der Waals surface area contributed by atoms with Gasteiger partial charge in [0.2, 0.25) is 0 Å². The Hall–Kier alpha value is 0.310. The molecule has 90 valence electrons. The van der Waals surface area contributed by atoms with Crippen molar-refractivity contribution in [2.24, 2.45) is 17.8 Å². The van der Waals surface area contributed by atoms with Gasteiger partial charge >= 0.3 is 0 Å². The van der Waals surface area contributed by atoms with E-state index in [2.05, 4.69) is 25.5 Å². The molecule has 0 bridgehead atoms. The van der Waals surface area contributed by atoms with Crippen LogP contribution in [-0.4, -0.2) is 25.6 Å². The Bertz CT molecular complexity index is 161. The van der Waals surface area contributed by atoms with Crippen LogP contribution in [0, 0.1) is 17.8 Å². The maximum absolute atomic E-state index is 3.37. The van der Waals surface area contributed by atoms with Crippen molar-refractivity contribution >= 4 is 11.8 Å². The van der Waals surface area contributed by atoms with E-state index in [1.165, 1.54) is 44.4 Å². The van der Waals surface area contributed by atoms with E-state index in [9.17, 15) is 0 Å². The van der Waals surface area contributed by atoms with Gasteiger partial charge in [-0.3, -0.25) is 0 Å². The summed E-state index contributed by atoms with van der Waals surface area (Å²) in [5.41, 5.74) is 0. The third-order valence-corrected chi connectivity index (χ3v) is 4.49. The molecule has 0 heterocycles. The summed E-state index contributed by atoms with van der Waals surface area (Å²) in [5, 5.41) is 3.37. The molecular formula is C13H27NS. The van der Waals surface area contributed by atoms with Gasteiger partial charge in [0.05, 0.1) is 0 Å². The zero-order valence-corrected chi connectivity index (χ0v) is 11.4. The van der Waals surface area contributed by atoms with Crippen LogP contribution in [0.5, 0.6) is 0 Å². The Morgan fingerprint density at radius 2 is 2.07 bits per heavy atom. The Kier molecular flexibility index (Phi) is 6.74. The zero-order valence-electron chi connectivity index (χ0n) is 10.6. The number of hydrogen-bond donors (Lipinski definition) is 1. The maximum atomic E-state index is 3.37. The summed E-state index contributed by atoms with van der Waals surface area (Å²) in [5.74, 6) is 4.26. The van der Waals surface area contributed by atoms with Gasteiger partial charge in [-0.25, -0.2) is 0 Å². The molecule has 0 aromatic rings. The second-order valence-corrected chi connectivity index (χ2v) is 6.12. The van der Waals surface area contributed by atoms with E-state index < -0.39 is 0 Å². The molecule has 1 nitrogen and oxygen atoms in total. The van der Waals surface area contributed by atoms with Crippen molar-refractivity contribution in [2.75, 3.05) is 25.6 Å². The minimum absolute atomic E-state index is 0.952. The molecule has 1 saturated carbocycles. The van der Waals surface area contributed by atoms with E-state index in [4.69, 9.17) is 0 Å². The molecular weight excluding hydrogens is 202 g/mol. The summed E-state index contributed by atoms with van der Waals surface area (Å²) in [4.78, 5) is 0. The van der Waals surface area contributed by atoms with E-state index in [0.717, 1.165) is 17.8 Å². The minimum atomic E-state index is 0.952. The van der Waals surface area contributed by atoms with Gasteiger partial charge in [-0.2, -0.15) is 11.8 Å². The first-order chi connectivity index (χ1) is 7.27. The summed E-state index contributed by atoms with van der Waals surface area (Å²) >= 11 is 1.99. The molecule has 1 aliphatic rings. The lowest BCUT2D eigenvalue weighted by Gasteiger charge is -2.35. The average Bonchev–Trinajstić information content (AvgIpc) is 2.22. The number of hydrogen-bond acceptors (Lipinski definition) is 2. The van der Waals surface area contributed by atoms with Crippen molar-refractivity contribution < 1.29 is 0 Å². The third kappa shape index (κ3) is 4.78. The van der Waals surface area contributed by atoms with E-state index in [-0.39, 0.29) is 0 Å². The highest BCUT2D eigenvalue weighted by atomic mass is 32.2. The number of thioether (sulfide) groups is 1. The minimum Gasteiger partial charge on any atom is -0.319 e. The Balaban J connectivity index is 2.32. The van der Waals surface area contributed by atoms with E-state index in [0.29, 0.717) is 0 Å². The van der Waals surface area contributed by atoms with Crippen LogP contribution < -0.4 is 5.32 Å². The lowest BCUT2D eigenvalue weighted by atomic mass is 9.73. The third-order valence-electron chi connectivity index (χ3n) is 3.79. The number of nitrogens with one attached hydrogen (secondary N) is 1. The first-order valence-corrected chi connectivity index (χ1v) is 7.80. The monoisotopic (exact) mass is 229 g/mol. The summed E-state index contributed by atoms with van der Waals surface area (Å²) in [6, 6.07) is 0. The van der Waals surface area contributed by atoms with Gasteiger partial charge in [0, 0.05) is 0 Å². The molecule has 15 heavy (non-hydrogen) atoms. The first-order valence-electron chi connectivity index (χ1n) is 6.41. The summed E-state index contributed by atoms with van der Waals surface area (Å²) in [6.07, 6.45) is 9.46. The molecule has 3 atom stereocenters. The highest BCUT2D eigenvalue weighted by molar-refractivity contribution is 7.98. The topological polar surface area (TPSA) is 12.0 Å². The van der Waals surface area contributed by atoms with E-state index in [1.807, 2.05) is 11.8 Å². The zero-order chi connectivity index (χ0) is 11.1. The molecule has 0 spiro atoms. The highest BCUT2D eigenvalue weighted by Gasteiger charge is 2.27. The fraction of sp³-hybridized carbons (Fsp3) is 1.00. The molecule has 1 rings (SSSR count). The predicted octanol–water partition coefficient (Wildman–Crippen LogP) is 3.40. The van der Waals surface area contributed by atoms with Crippen molar-refractivity contribution in [3.63, 3.8) is 0 Å². The van der Waals surface area contributed by atoms with Crippen molar-refractivity contribution in [2.45, 2.75) is 39.0 Å². The molecule has 0 aliphatic heterocycles. The van der Waals surface area contributed by atoms with Crippen LogP contribution in [-0.2, 0) is 0 Å². The van der Waals surface area contributed by atoms with Gasteiger partial charge in [-0.1, -0.05) is 13.3 Å². The summed E-state index contributed by atoms with van der Waals surface area (Å²) in [7, 11) is 2.09. The van der Waals surface area contributed by atoms with Crippen LogP contribution in [0.4, 0.5) is 0 Å². The van der Waals surface area contributed by atoms with Crippen LogP contribution in [0.3, 0.4) is 0 Å². The lowest BCUT2D eigenvalue weighted by Crippen LogP contribution is -2.31. The highest BCUT2D eigenvalue weighted by Crippen LogP contribution is 2.36. The lowest BCUT2D eigenvalue weighted by molar-refractivity contribution is 0.176. The molecule has 0 radical (unpaired) electrons. The normalized spacial score (nSPS) is 31.8. The second-order valence-electron chi connectivity index (χ2n) is 5.13. The first kappa shape index (κ1) is 13.4. The largest absolute Gasteiger partial charge is 0.319 e.